The van der Waals surface area contributed by atoms with E-state index >= 15 is 0 Å². The lowest BCUT2D eigenvalue weighted by Gasteiger charge is -2.17. The molecule has 11 heavy (non-hydrogen) atoms. The van der Waals surface area contributed by atoms with Crippen molar-refractivity contribution in [1.29, 1.82) is 0 Å². The van der Waals surface area contributed by atoms with Gasteiger partial charge in [-0.3, -0.25) is 4.99 Å². The zero-order valence-electron chi connectivity index (χ0n) is 7.67. The fourth-order valence-electron chi connectivity index (χ4n) is 0.630. The second kappa shape index (κ2) is 4.89. The van der Waals surface area contributed by atoms with E-state index in [1.54, 1.807) is 6.21 Å². The van der Waals surface area contributed by atoms with E-state index in [4.69, 9.17) is 0 Å². The van der Waals surface area contributed by atoms with Crippen LogP contribution in [0.25, 0.3) is 0 Å². The summed E-state index contributed by atoms with van der Waals surface area (Å²) in [4.78, 5) is 4.00. The van der Waals surface area contributed by atoms with Crippen molar-refractivity contribution in [2.75, 3.05) is 0 Å². The highest BCUT2D eigenvalue weighted by atomic mass is 14.7. The molecule has 0 radical (unpaired) electrons. The minimum atomic E-state index is 0.104. The molecule has 0 N–H and O–H groups in total. The Bertz CT molecular complexity index is 168. The summed E-state index contributed by atoms with van der Waals surface area (Å²) in [5, 5.41) is 0. The highest BCUT2D eigenvalue weighted by Gasteiger charge is 2.11. The molecule has 0 spiro atoms. The van der Waals surface area contributed by atoms with E-state index in [0.29, 0.717) is 0 Å². The summed E-state index contributed by atoms with van der Waals surface area (Å²) in [5.74, 6) is 0. The number of hydrogen-bond donors (Lipinski definition) is 0. The lowest BCUT2D eigenvalue weighted by atomic mass is 9.88. The second-order valence-corrected chi connectivity index (χ2v) is 2.79. The van der Waals surface area contributed by atoms with Gasteiger partial charge < -0.3 is 0 Å². The molecule has 0 saturated carbocycles. The van der Waals surface area contributed by atoms with Crippen LogP contribution in [0.4, 0.5) is 0 Å². The zero-order valence-corrected chi connectivity index (χ0v) is 7.67. The maximum Gasteiger partial charge on any atom is 0.0232 e. The van der Waals surface area contributed by atoms with Crippen LogP contribution in [-0.4, -0.2) is 6.21 Å². The number of aliphatic imine (C=N–C) groups is 1. The molecule has 0 aliphatic heterocycles. The predicted molar refractivity (Wildman–Crippen MR) is 51.9 cm³/mol. The van der Waals surface area contributed by atoms with Crippen LogP contribution in [0.3, 0.4) is 0 Å². The first kappa shape index (κ1) is 10.2. The molecule has 0 aromatic rings. The van der Waals surface area contributed by atoms with Gasteiger partial charge in [0.15, 0.2) is 0 Å². The molecule has 0 aromatic carbocycles. The van der Waals surface area contributed by atoms with Crippen LogP contribution < -0.4 is 0 Å². The molecule has 1 unspecified atom stereocenters. The van der Waals surface area contributed by atoms with Gasteiger partial charge >= 0.3 is 0 Å². The molecule has 0 saturated heterocycles. The van der Waals surface area contributed by atoms with Gasteiger partial charge in [-0.05, 0) is 13.3 Å². The summed E-state index contributed by atoms with van der Waals surface area (Å²) >= 11 is 0. The van der Waals surface area contributed by atoms with Crippen LogP contribution in [0.2, 0.25) is 0 Å². The summed E-state index contributed by atoms with van der Waals surface area (Å²) in [6.45, 7) is 9.96. The van der Waals surface area contributed by atoms with Crippen molar-refractivity contribution in [1.82, 2.24) is 0 Å². The molecule has 0 heterocycles. The van der Waals surface area contributed by atoms with Gasteiger partial charge in [0.1, 0.15) is 0 Å². The van der Waals surface area contributed by atoms with Crippen LogP contribution >= 0.6 is 0 Å². The van der Waals surface area contributed by atoms with Crippen LogP contribution in [0.15, 0.2) is 29.9 Å². The highest BCUT2D eigenvalue weighted by Crippen LogP contribution is 2.23. The molecule has 1 nitrogen and oxygen atoms in total. The summed E-state index contributed by atoms with van der Waals surface area (Å²) in [6, 6.07) is 0. The summed E-state index contributed by atoms with van der Waals surface area (Å²) in [7, 11) is 0. The van der Waals surface area contributed by atoms with Crippen molar-refractivity contribution >= 4 is 6.21 Å². The molecule has 62 valence electrons. The molecule has 0 rings (SSSR count). The average Bonchev–Trinajstić information content (AvgIpc) is 2.05. The Morgan fingerprint density at radius 1 is 1.55 bits per heavy atom. The fraction of sp³-hybridized carbons (Fsp3) is 0.500. The molecule has 0 aliphatic carbocycles. The van der Waals surface area contributed by atoms with Crippen LogP contribution in [-0.2, 0) is 0 Å². The first-order chi connectivity index (χ1) is 5.18. The molecule has 0 aliphatic rings. The van der Waals surface area contributed by atoms with E-state index in [-0.39, 0.29) is 5.41 Å². The molecule has 0 fully saturated rings. The SMILES string of the molecule is C=CC(C)(/C=C\N=CC)CC. The third-order valence-corrected chi connectivity index (χ3v) is 1.92. The Kier molecular flexibility index (Phi) is 4.51. The molecule has 1 heteroatoms. The molecular weight excluding hydrogens is 134 g/mol. The van der Waals surface area contributed by atoms with Crippen molar-refractivity contribution in [3.8, 4) is 0 Å². The van der Waals surface area contributed by atoms with Crippen LogP contribution in [0.1, 0.15) is 27.2 Å². The highest BCUT2D eigenvalue weighted by molar-refractivity contribution is 5.54. The van der Waals surface area contributed by atoms with Crippen molar-refractivity contribution in [2.45, 2.75) is 27.2 Å². The van der Waals surface area contributed by atoms with E-state index in [1.807, 2.05) is 19.2 Å². The molecule has 1 atom stereocenters. The van der Waals surface area contributed by atoms with Gasteiger partial charge in [0.2, 0.25) is 0 Å². The van der Waals surface area contributed by atoms with Crippen LogP contribution in [0.5, 0.6) is 0 Å². The van der Waals surface area contributed by atoms with Crippen molar-refractivity contribution in [2.24, 2.45) is 10.4 Å². The minimum Gasteiger partial charge on any atom is -0.270 e. The van der Waals surface area contributed by atoms with Gasteiger partial charge in [0, 0.05) is 17.8 Å². The Hall–Kier alpha value is -0.850. The van der Waals surface area contributed by atoms with Crippen molar-refractivity contribution in [3.63, 3.8) is 0 Å². The lowest BCUT2D eigenvalue weighted by molar-refractivity contribution is 0.531. The Labute approximate surface area is 69.5 Å². The molecule has 0 amide bonds. The lowest BCUT2D eigenvalue weighted by Crippen LogP contribution is -2.05. The standard InChI is InChI=1S/C10H17N/c1-5-10(4,6-2)8-9-11-7-3/h5,7-9H,1,6H2,2-4H3/b9-8-,11-7?. The fourth-order valence-corrected chi connectivity index (χ4v) is 0.630. The van der Waals surface area contributed by atoms with Gasteiger partial charge in [-0.15, -0.1) is 6.58 Å². The number of rotatable bonds is 4. The van der Waals surface area contributed by atoms with Crippen molar-refractivity contribution < 1.29 is 0 Å². The van der Waals surface area contributed by atoms with E-state index in [9.17, 15) is 0 Å². The number of nitrogens with zero attached hydrogens (tertiary/aromatic N) is 1. The summed E-state index contributed by atoms with van der Waals surface area (Å²) < 4.78 is 0. The van der Waals surface area contributed by atoms with Gasteiger partial charge in [-0.25, -0.2) is 0 Å². The van der Waals surface area contributed by atoms with E-state index < -0.39 is 0 Å². The smallest absolute Gasteiger partial charge is 0.0232 e. The number of allylic oxidation sites excluding steroid dienone is 2. The first-order valence-electron chi connectivity index (χ1n) is 3.97. The van der Waals surface area contributed by atoms with E-state index in [0.717, 1.165) is 6.42 Å². The van der Waals surface area contributed by atoms with Crippen molar-refractivity contribution in [3.05, 3.63) is 24.9 Å². The van der Waals surface area contributed by atoms with Gasteiger partial charge in [-0.1, -0.05) is 26.0 Å². The maximum absolute atomic E-state index is 4.00. The first-order valence-corrected chi connectivity index (χ1v) is 3.97. The minimum absolute atomic E-state index is 0.104. The van der Waals surface area contributed by atoms with E-state index in [1.165, 1.54) is 0 Å². The monoisotopic (exact) mass is 151 g/mol. The van der Waals surface area contributed by atoms with E-state index in [2.05, 4.69) is 31.5 Å². The largest absolute Gasteiger partial charge is 0.270 e. The molecule has 0 aromatic heterocycles. The van der Waals surface area contributed by atoms with Gasteiger partial charge in [0.05, 0.1) is 0 Å². The quantitative estimate of drug-likeness (QED) is 0.432. The summed E-state index contributed by atoms with van der Waals surface area (Å²) in [5.41, 5.74) is 0.104. The Balaban J connectivity index is 4.17. The van der Waals surface area contributed by atoms with Gasteiger partial charge in [-0.2, -0.15) is 0 Å². The summed E-state index contributed by atoms with van der Waals surface area (Å²) in [6.07, 6.45) is 8.68. The predicted octanol–water partition coefficient (Wildman–Crippen LogP) is 3.19. The number of hydrogen-bond acceptors (Lipinski definition) is 1. The maximum atomic E-state index is 4.00. The average molecular weight is 151 g/mol. The third kappa shape index (κ3) is 3.76. The zero-order chi connectivity index (χ0) is 8.74. The molecular formula is C10H17N. The Morgan fingerprint density at radius 3 is 2.55 bits per heavy atom. The van der Waals surface area contributed by atoms with Gasteiger partial charge in [0.25, 0.3) is 0 Å². The second-order valence-electron chi connectivity index (χ2n) is 2.79. The van der Waals surface area contributed by atoms with Crippen LogP contribution in [0, 0.1) is 5.41 Å². The topological polar surface area (TPSA) is 12.4 Å². The molecule has 0 bridgehead atoms. The Morgan fingerprint density at radius 2 is 2.18 bits per heavy atom. The third-order valence-electron chi connectivity index (χ3n) is 1.92. The normalized spacial score (nSPS) is 17.4.